The van der Waals surface area contributed by atoms with Gasteiger partial charge >= 0.3 is 0 Å². The Morgan fingerprint density at radius 2 is 1.68 bits per heavy atom. The summed E-state index contributed by atoms with van der Waals surface area (Å²) in [5.41, 5.74) is 6.52. The molecule has 3 heteroatoms. The molecule has 0 aromatic heterocycles. The number of hydrogen-bond donors (Lipinski definition) is 1. The molecule has 3 aliphatic rings. The molecule has 0 radical (unpaired) electrons. The van der Waals surface area contributed by atoms with Crippen LogP contribution < -0.4 is 5.73 Å². The summed E-state index contributed by atoms with van der Waals surface area (Å²) in [4.78, 5) is 5.48. The summed E-state index contributed by atoms with van der Waals surface area (Å²) in [6, 6.07) is 1.85. The lowest BCUT2D eigenvalue weighted by atomic mass is 9.76. The van der Waals surface area contributed by atoms with E-state index in [2.05, 4.69) is 23.6 Å². The minimum Gasteiger partial charge on any atom is -0.326 e. The summed E-state index contributed by atoms with van der Waals surface area (Å²) >= 11 is 0. The molecule has 0 spiro atoms. The zero-order chi connectivity index (χ0) is 13.4. The van der Waals surface area contributed by atoms with E-state index >= 15 is 0 Å². The van der Waals surface area contributed by atoms with Crippen molar-refractivity contribution in [1.82, 2.24) is 9.80 Å². The summed E-state index contributed by atoms with van der Waals surface area (Å²) in [6.45, 7) is 9.99. The molecule has 0 bridgehead atoms. The highest BCUT2D eigenvalue weighted by atomic mass is 15.3. The number of rotatable bonds is 1. The molecule has 2 saturated heterocycles. The standard InChI is InChI=1S/C16H31N3/c1-12-9-13(2)16(15(17)10-12)19-8-4-7-18-6-3-5-14(18)11-19/h12-16H,3-11,17H2,1-2H3. The van der Waals surface area contributed by atoms with Crippen molar-refractivity contribution in [1.29, 1.82) is 0 Å². The fourth-order valence-electron chi connectivity index (χ4n) is 5.03. The lowest BCUT2D eigenvalue weighted by Gasteiger charge is -2.44. The van der Waals surface area contributed by atoms with Gasteiger partial charge in [0.15, 0.2) is 0 Å². The van der Waals surface area contributed by atoms with Crippen LogP contribution in [0, 0.1) is 11.8 Å². The zero-order valence-electron chi connectivity index (χ0n) is 12.7. The third-order valence-corrected chi connectivity index (χ3v) is 5.73. The van der Waals surface area contributed by atoms with Gasteiger partial charge in [-0.25, -0.2) is 0 Å². The second kappa shape index (κ2) is 5.71. The van der Waals surface area contributed by atoms with Crippen molar-refractivity contribution < 1.29 is 0 Å². The van der Waals surface area contributed by atoms with Gasteiger partial charge in [-0.2, -0.15) is 0 Å². The van der Waals surface area contributed by atoms with Gasteiger partial charge in [0.1, 0.15) is 0 Å². The van der Waals surface area contributed by atoms with Gasteiger partial charge in [0.05, 0.1) is 0 Å². The molecule has 5 unspecified atom stereocenters. The highest BCUT2D eigenvalue weighted by Gasteiger charge is 2.38. The Hall–Kier alpha value is -0.120. The molecule has 0 aromatic carbocycles. The summed E-state index contributed by atoms with van der Waals surface area (Å²) in [5.74, 6) is 1.59. The lowest BCUT2D eigenvalue weighted by molar-refractivity contribution is 0.0694. The average molecular weight is 265 g/mol. The van der Waals surface area contributed by atoms with Crippen LogP contribution in [0.5, 0.6) is 0 Å². The quantitative estimate of drug-likeness (QED) is 0.786. The molecule has 1 aliphatic carbocycles. The van der Waals surface area contributed by atoms with Crippen LogP contribution in [0.2, 0.25) is 0 Å². The number of nitrogens with two attached hydrogens (primary N) is 1. The van der Waals surface area contributed by atoms with Crippen molar-refractivity contribution in [3.05, 3.63) is 0 Å². The topological polar surface area (TPSA) is 32.5 Å². The van der Waals surface area contributed by atoms with E-state index in [1.807, 2.05) is 0 Å². The van der Waals surface area contributed by atoms with Crippen LogP contribution in [0.1, 0.15) is 46.0 Å². The van der Waals surface area contributed by atoms with Crippen LogP contribution in [0.15, 0.2) is 0 Å². The summed E-state index contributed by atoms with van der Waals surface area (Å²) in [7, 11) is 0. The average Bonchev–Trinajstić information content (AvgIpc) is 2.67. The molecule has 110 valence electrons. The predicted octanol–water partition coefficient (Wildman–Crippen LogP) is 1.92. The maximum absolute atomic E-state index is 6.52. The monoisotopic (exact) mass is 265 g/mol. The van der Waals surface area contributed by atoms with Crippen LogP contribution in [0.3, 0.4) is 0 Å². The minimum atomic E-state index is 0.395. The molecule has 2 N–H and O–H groups in total. The summed E-state index contributed by atoms with van der Waals surface area (Å²) in [6.07, 6.45) is 6.73. The van der Waals surface area contributed by atoms with E-state index < -0.39 is 0 Å². The molecule has 0 amide bonds. The Morgan fingerprint density at radius 3 is 2.47 bits per heavy atom. The molecular formula is C16H31N3. The Balaban J connectivity index is 1.69. The first-order chi connectivity index (χ1) is 9.15. The Morgan fingerprint density at radius 1 is 0.947 bits per heavy atom. The molecule has 2 heterocycles. The van der Waals surface area contributed by atoms with Crippen molar-refractivity contribution in [2.75, 3.05) is 26.2 Å². The molecule has 19 heavy (non-hydrogen) atoms. The van der Waals surface area contributed by atoms with Gasteiger partial charge in [0.25, 0.3) is 0 Å². The Kier molecular flexibility index (Phi) is 4.16. The van der Waals surface area contributed by atoms with Gasteiger partial charge in [0.2, 0.25) is 0 Å². The van der Waals surface area contributed by atoms with Crippen molar-refractivity contribution in [2.45, 2.75) is 64.1 Å². The van der Waals surface area contributed by atoms with Crippen LogP contribution in [0.25, 0.3) is 0 Å². The maximum Gasteiger partial charge on any atom is 0.0273 e. The van der Waals surface area contributed by atoms with Crippen LogP contribution >= 0.6 is 0 Å². The number of fused-ring (bicyclic) bond motifs is 1. The molecule has 2 aliphatic heterocycles. The largest absolute Gasteiger partial charge is 0.326 e. The highest BCUT2D eigenvalue weighted by molar-refractivity contribution is 4.95. The lowest BCUT2D eigenvalue weighted by Crippen LogP contribution is -2.56. The molecule has 3 rings (SSSR count). The fourth-order valence-corrected chi connectivity index (χ4v) is 5.03. The predicted molar refractivity (Wildman–Crippen MR) is 80.1 cm³/mol. The van der Waals surface area contributed by atoms with Gasteiger partial charge in [-0.1, -0.05) is 13.8 Å². The SMILES string of the molecule is CC1CC(C)C(N2CCCN3CCCC3C2)C(N)C1. The van der Waals surface area contributed by atoms with Crippen LogP contribution in [-0.2, 0) is 0 Å². The summed E-state index contributed by atoms with van der Waals surface area (Å²) in [5, 5.41) is 0. The van der Waals surface area contributed by atoms with E-state index in [-0.39, 0.29) is 0 Å². The van der Waals surface area contributed by atoms with Crippen molar-refractivity contribution in [3.8, 4) is 0 Å². The van der Waals surface area contributed by atoms with Gasteiger partial charge in [-0.05, 0) is 63.6 Å². The maximum atomic E-state index is 6.52. The van der Waals surface area contributed by atoms with Crippen molar-refractivity contribution in [3.63, 3.8) is 0 Å². The van der Waals surface area contributed by atoms with Crippen LogP contribution in [0.4, 0.5) is 0 Å². The normalized spacial score (nSPS) is 45.9. The van der Waals surface area contributed by atoms with Gasteiger partial charge < -0.3 is 5.73 Å². The number of hydrogen-bond acceptors (Lipinski definition) is 3. The third-order valence-electron chi connectivity index (χ3n) is 5.73. The third kappa shape index (κ3) is 2.84. The second-order valence-electron chi connectivity index (χ2n) is 7.39. The van der Waals surface area contributed by atoms with E-state index in [9.17, 15) is 0 Å². The van der Waals surface area contributed by atoms with Gasteiger partial charge in [0, 0.05) is 24.7 Å². The molecule has 0 aromatic rings. The smallest absolute Gasteiger partial charge is 0.0273 e. The fraction of sp³-hybridized carbons (Fsp3) is 1.00. The summed E-state index contributed by atoms with van der Waals surface area (Å²) < 4.78 is 0. The first-order valence-corrected chi connectivity index (χ1v) is 8.39. The molecule has 3 fully saturated rings. The first-order valence-electron chi connectivity index (χ1n) is 8.39. The van der Waals surface area contributed by atoms with E-state index in [1.165, 1.54) is 58.3 Å². The van der Waals surface area contributed by atoms with Crippen molar-refractivity contribution in [2.24, 2.45) is 17.6 Å². The number of nitrogens with zero attached hydrogens (tertiary/aromatic N) is 2. The van der Waals surface area contributed by atoms with Crippen LogP contribution in [-0.4, -0.2) is 54.1 Å². The first kappa shape index (κ1) is 13.8. The Bertz CT molecular complexity index is 294. The zero-order valence-corrected chi connectivity index (χ0v) is 12.7. The highest BCUT2D eigenvalue weighted by Crippen LogP contribution is 2.33. The molecule has 1 saturated carbocycles. The second-order valence-corrected chi connectivity index (χ2v) is 7.39. The van der Waals surface area contributed by atoms with E-state index in [1.54, 1.807) is 0 Å². The molecule has 3 nitrogen and oxygen atoms in total. The minimum absolute atomic E-state index is 0.395. The van der Waals surface area contributed by atoms with Gasteiger partial charge in [-0.15, -0.1) is 0 Å². The van der Waals surface area contributed by atoms with E-state index in [4.69, 9.17) is 5.73 Å². The van der Waals surface area contributed by atoms with Gasteiger partial charge in [-0.3, -0.25) is 9.80 Å². The molecular weight excluding hydrogens is 234 g/mol. The van der Waals surface area contributed by atoms with E-state index in [0.717, 1.165) is 17.9 Å². The Labute approximate surface area is 118 Å². The van der Waals surface area contributed by atoms with Crippen molar-refractivity contribution >= 4 is 0 Å². The molecule has 5 atom stereocenters. The van der Waals surface area contributed by atoms with E-state index in [0.29, 0.717) is 12.1 Å².